The van der Waals surface area contributed by atoms with Crippen LogP contribution in [0.1, 0.15) is 41.5 Å². The number of ether oxygens (including phenoxy) is 2. The Hall–Kier alpha value is -4.23. The number of hydrogen-bond donors (Lipinski definition) is 0. The van der Waals surface area contributed by atoms with Gasteiger partial charge < -0.3 is 19.3 Å². The highest BCUT2D eigenvalue weighted by Crippen LogP contribution is 2.52. The molecule has 2 aliphatic rings. The first-order chi connectivity index (χ1) is 21.6. The number of methoxy groups -OCH3 is 1. The van der Waals surface area contributed by atoms with Crippen molar-refractivity contribution in [2.24, 2.45) is 0 Å². The summed E-state index contributed by atoms with van der Waals surface area (Å²) in [7, 11) is 1.63. The summed E-state index contributed by atoms with van der Waals surface area (Å²) in [5.41, 5.74) is 4.46. The van der Waals surface area contributed by atoms with Crippen LogP contribution < -0.4 is 4.74 Å². The van der Waals surface area contributed by atoms with Crippen LogP contribution in [0.3, 0.4) is 0 Å². The van der Waals surface area contributed by atoms with Gasteiger partial charge in [-0.2, -0.15) is 0 Å². The largest absolute Gasteiger partial charge is 0.497 e. The molecule has 0 unspecified atom stereocenters. The number of benzene rings is 4. The third-order valence-electron chi connectivity index (χ3n) is 8.62. The van der Waals surface area contributed by atoms with E-state index in [2.05, 4.69) is 72.8 Å². The molecule has 44 heavy (non-hydrogen) atoms. The molecule has 4 aromatic rings. The first-order valence-corrected chi connectivity index (χ1v) is 16.1. The van der Waals surface area contributed by atoms with Gasteiger partial charge in [-0.05, 0) is 47.2 Å². The number of rotatable bonds is 10. The van der Waals surface area contributed by atoms with Gasteiger partial charge in [0.2, 0.25) is 5.91 Å². The van der Waals surface area contributed by atoms with E-state index in [1.54, 1.807) is 7.11 Å². The van der Waals surface area contributed by atoms with Gasteiger partial charge in [0.25, 0.3) is 0 Å². The van der Waals surface area contributed by atoms with E-state index in [9.17, 15) is 9.59 Å². The number of likely N-dealkylation sites (tertiary alicyclic amines) is 2. The summed E-state index contributed by atoms with van der Waals surface area (Å²) in [5.74, 6) is 0.924. The summed E-state index contributed by atoms with van der Waals surface area (Å²) < 4.78 is 10.6. The molecule has 2 saturated heterocycles. The highest BCUT2D eigenvalue weighted by atomic mass is 32.2. The topological polar surface area (TPSA) is 59.1 Å². The summed E-state index contributed by atoms with van der Waals surface area (Å²) in [4.78, 5) is 30.1. The minimum Gasteiger partial charge on any atom is -0.497 e. The summed E-state index contributed by atoms with van der Waals surface area (Å²) in [5, 5.41) is 0.104. The molecule has 0 aromatic heterocycles. The van der Waals surface area contributed by atoms with Gasteiger partial charge in [0.15, 0.2) is 0 Å². The molecule has 4 aromatic carbocycles. The number of carbonyl (C=O) groups excluding carboxylic acids is 2. The predicted molar refractivity (Wildman–Crippen MR) is 175 cm³/mol. The second kappa shape index (κ2) is 13.6. The van der Waals surface area contributed by atoms with E-state index in [4.69, 9.17) is 9.47 Å². The van der Waals surface area contributed by atoms with Gasteiger partial charge >= 0.3 is 6.09 Å². The molecular formula is C37H38N2O4S. The summed E-state index contributed by atoms with van der Waals surface area (Å²) in [6.07, 6.45) is 1.86. The summed E-state index contributed by atoms with van der Waals surface area (Å²) in [6, 6.07) is 39.3. The molecule has 6 nitrogen and oxygen atoms in total. The van der Waals surface area contributed by atoms with Gasteiger partial charge in [-0.25, -0.2) is 4.79 Å². The molecule has 0 N–H and O–H groups in total. The van der Waals surface area contributed by atoms with Gasteiger partial charge in [-0.15, -0.1) is 11.8 Å². The van der Waals surface area contributed by atoms with Gasteiger partial charge in [0, 0.05) is 31.3 Å². The highest BCUT2D eigenvalue weighted by molar-refractivity contribution is 8.01. The van der Waals surface area contributed by atoms with Crippen molar-refractivity contribution in [1.82, 2.24) is 9.80 Å². The predicted octanol–water partition coefficient (Wildman–Crippen LogP) is 7.12. The molecular weight excluding hydrogens is 568 g/mol. The van der Waals surface area contributed by atoms with E-state index in [0.29, 0.717) is 19.5 Å². The normalized spacial score (nSPS) is 18.4. The van der Waals surface area contributed by atoms with Crippen LogP contribution in [-0.4, -0.2) is 59.8 Å². The highest BCUT2D eigenvalue weighted by Gasteiger charge is 2.45. The Morgan fingerprint density at radius 2 is 1.41 bits per heavy atom. The fraction of sp³-hybridized carbons (Fsp3) is 0.297. The molecule has 2 atom stereocenters. The maximum atomic E-state index is 13.7. The molecule has 0 bridgehead atoms. The molecule has 2 fully saturated rings. The summed E-state index contributed by atoms with van der Waals surface area (Å²) >= 11 is 1.89. The van der Waals surface area contributed by atoms with Gasteiger partial charge in [0.1, 0.15) is 12.4 Å². The molecule has 2 heterocycles. The van der Waals surface area contributed by atoms with E-state index in [1.165, 1.54) is 16.7 Å². The number of thioether (sulfide) groups is 1. The lowest BCUT2D eigenvalue weighted by Crippen LogP contribution is -2.43. The van der Waals surface area contributed by atoms with Crippen molar-refractivity contribution in [3.05, 3.63) is 138 Å². The zero-order chi connectivity index (χ0) is 30.4. The van der Waals surface area contributed by atoms with Crippen LogP contribution in [0.15, 0.2) is 115 Å². The Bertz CT molecular complexity index is 1440. The third kappa shape index (κ3) is 6.34. The zero-order valence-corrected chi connectivity index (χ0v) is 25.8. The number of amides is 2. The van der Waals surface area contributed by atoms with E-state index >= 15 is 0 Å². The van der Waals surface area contributed by atoms with Gasteiger partial charge in [-0.3, -0.25) is 4.79 Å². The lowest BCUT2D eigenvalue weighted by Gasteiger charge is -2.37. The van der Waals surface area contributed by atoms with Crippen molar-refractivity contribution in [3.63, 3.8) is 0 Å². The van der Waals surface area contributed by atoms with Crippen LogP contribution in [0.5, 0.6) is 5.75 Å². The quantitative estimate of drug-likeness (QED) is 0.180. The second-order valence-electron chi connectivity index (χ2n) is 11.4. The lowest BCUT2D eigenvalue weighted by molar-refractivity contribution is -0.128. The van der Waals surface area contributed by atoms with Crippen molar-refractivity contribution < 1.29 is 19.1 Å². The van der Waals surface area contributed by atoms with E-state index in [1.807, 2.05) is 64.0 Å². The molecule has 2 aliphatic heterocycles. The molecule has 7 heteroatoms. The van der Waals surface area contributed by atoms with Crippen LogP contribution in [0.25, 0.3) is 0 Å². The molecule has 0 aliphatic carbocycles. The first-order valence-electron chi connectivity index (χ1n) is 15.3. The molecule has 226 valence electrons. The SMILES string of the molecule is COc1ccc(COC(=O)N2C[C@@H](SC(c3ccccc3)(c3ccccc3)c3ccccc3)C[C@H]2CN2CCCC2=O)cc1. The average Bonchev–Trinajstić information content (AvgIpc) is 3.69. The zero-order valence-electron chi connectivity index (χ0n) is 25.0. The lowest BCUT2D eigenvalue weighted by atomic mass is 9.84. The Balaban J connectivity index is 1.31. The summed E-state index contributed by atoms with van der Waals surface area (Å²) in [6.45, 7) is 1.98. The Morgan fingerprint density at radius 1 is 0.841 bits per heavy atom. The fourth-order valence-electron chi connectivity index (χ4n) is 6.43. The van der Waals surface area contributed by atoms with E-state index < -0.39 is 4.75 Å². The maximum absolute atomic E-state index is 13.7. The molecule has 0 spiro atoms. The Kier molecular flexibility index (Phi) is 9.22. The monoisotopic (exact) mass is 606 g/mol. The number of carbonyl (C=O) groups is 2. The Morgan fingerprint density at radius 3 is 1.91 bits per heavy atom. The first kappa shape index (κ1) is 29.8. The van der Waals surface area contributed by atoms with E-state index in [-0.39, 0.29) is 29.9 Å². The minimum absolute atomic E-state index is 0.104. The van der Waals surface area contributed by atoms with Crippen molar-refractivity contribution >= 4 is 23.8 Å². The van der Waals surface area contributed by atoms with Crippen LogP contribution >= 0.6 is 11.8 Å². The second-order valence-corrected chi connectivity index (χ2v) is 12.9. The van der Waals surface area contributed by atoms with Crippen molar-refractivity contribution in [3.8, 4) is 5.75 Å². The van der Waals surface area contributed by atoms with Crippen molar-refractivity contribution in [2.45, 2.75) is 41.9 Å². The smallest absolute Gasteiger partial charge is 0.410 e. The molecule has 0 radical (unpaired) electrons. The fourth-order valence-corrected chi connectivity index (χ4v) is 8.30. The van der Waals surface area contributed by atoms with Crippen LogP contribution in [0.4, 0.5) is 4.79 Å². The number of hydrogen-bond acceptors (Lipinski definition) is 5. The number of nitrogens with zero attached hydrogens (tertiary/aromatic N) is 2. The van der Waals surface area contributed by atoms with Crippen LogP contribution in [0, 0.1) is 0 Å². The van der Waals surface area contributed by atoms with Crippen LogP contribution in [-0.2, 0) is 20.9 Å². The van der Waals surface area contributed by atoms with Crippen molar-refractivity contribution in [1.29, 1.82) is 0 Å². The molecule has 0 saturated carbocycles. The van der Waals surface area contributed by atoms with Gasteiger partial charge in [-0.1, -0.05) is 103 Å². The van der Waals surface area contributed by atoms with Crippen molar-refractivity contribution in [2.75, 3.05) is 26.7 Å². The van der Waals surface area contributed by atoms with Gasteiger partial charge in [0.05, 0.1) is 17.9 Å². The van der Waals surface area contributed by atoms with Crippen LogP contribution in [0.2, 0.25) is 0 Å². The molecule has 6 rings (SSSR count). The van der Waals surface area contributed by atoms with E-state index in [0.717, 1.165) is 30.7 Å². The minimum atomic E-state index is -0.495. The molecule has 2 amide bonds. The standard InChI is InChI=1S/C37H38N2O4S/c1-42-33-21-19-28(20-22-33)27-43-36(41)39-26-34(24-32(39)25-38-23-11-18-35(38)40)44-37(29-12-5-2-6-13-29,30-14-7-3-8-15-30)31-16-9-4-10-17-31/h2-10,12-17,19-22,32,34H,11,18,23-27H2,1H3/t32-,34-/m0/s1. The third-order valence-corrected chi connectivity index (χ3v) is 10.4. The Labute approximate surface area is 264 Å². The maximum Gasteiger partial charge on any atom is 0.410 e. The average molecular weight is 607 g/mol.